The van der Waals surface area contributed by atoms with Gasteiger partial charge in [0.2, 0.25) is 0 Å². The molecule has 0 radical (unpaired) electrons. The Morgan fingerprint density at radius 1 is 1.28 bits per heavy atom. The van der Waals surface area contributed by atoms with E-state index in [0.717, 1.165) is 34.9 Å². The van der Waals surface area contributed by atoms with Gasteiger partial charge >= 0.3 is 0 Å². The van der Waals surface area contributed by atoms with E-state index in [2.05, 4.69) is 10.4 Å². The van der Waals surface area contributed by atoms with Crippen LogP contribution in [-0.4, -0.2) is 23.3 Å². The van der Waals surface area contributed by atoms with Crippen molar-refractivity contribution in [1.29, 1.82) is 0 Å². The molecule has 0 saturated carbocycles. The third-order valence-electron chi connectivity index (χ3n) is 2.56. The number of rotatable bonds is 6. The quantitative estimate of drug-likeness (QED) is 0.870. The minimum absolute atomic E-state index is 0.218. The molecular weight excluding hydrogens is 246 g/mol. The van der Waals surface area contributed by atoms with Crippen LogP contribution >= 0.6 is 11.3 Å². The van der Waals surface area contributed by atoms with Gasteiger partial charge in [0.05, 0.1) is 12.3 Å². The molecule has 96 valence electrons. The van der Waals surface area contributed by atoms with Gasteiger partial charge in [-0.15, -0.1) is 11.3 Å². The molecule has 1 aromatic carbocycles. The summed E-state index contributed by atoms with van der Waals surface area (Å²) in [4.78, 5) is 4.56. The number of nitrogens with zero attached hydrogens (tertiary/aromatic N) is 1. The van der Waals surface area contributed by atoms with Crippen LogP contribution in [0.15, 0.2) is 29.6 Å². The smallest absolute Gasteiger partial charge is 0.123 e. The number of hydrogen-bond acceptors (Lipinski definition) is 4. The van der Waals surface area contributed by atoms with Crippen LogP contribution < -0.4 is 4.74 Å². The topological polar surface area (TPSA) is 42.4 Å². The Bertz CT molecular complexity index is 479. The summed E-state index contributed by atoms with van der Waals surface area (Å²) in [5.41, 5.74) is 2.16. The van der Waals surface area contributed by atoms with Gasteiger partial charge in [-0.2, -0.15) is 0 Å². The fraction of sp³-hybridized carbons (Fsp3) is 0.357. The molecule has 1 N–H and O–H groups in total. The Morgan fingerprint density at radius 3 is 2.72 bits per heavy atom. The standard InChI is InChI=1S/C14H17NO2S/c1-2-17-13-7-5-11(6-8-13)14-15-12(10-18-14)4-3-9-16/h5-8,10,16H,2-4,9H2,1H3. The van der Waals surface area contributed by atoms with Gasteiger partial charge in [0.25, 0.3) is 0 Å². The van der Waals surface area contributed by atoms with Crippen molar-refractivity contribution in [3.63, 3.8) is 0 Å². The van der Waals surface area contributed by atoms with Gasteiger partial charge in [0.15, 0.2) is 0 Å². The van der Waals surface area contributed by atoms with Crippen molar-refractivity contribution >= 4 is 11.3 Å². The molecule has 2 aromatic rings. The first-order valence-corrected chi connectivity index (χ1v) is 7.00. The highest BCUT2D eigenvalue weighted by Crippen LogP contribution is 2.26. The summed E-state index contributed by atoms with van der Waals surface area (Å²) in [5, 5.41) is 11.9. The lowest BCUT2D eigenvalue weighted by molar-refractivity contribution is 0.288. The lowest BCUT2D eigenvalue weighted by Gasteiger charge is -2.02. The molecule has 3 nitrogen and oxygen atoms in total. The zero-order valence-electron chi connectivity index (χ0n) is 10.4. The second-order valence-corrected chi connectivity index (χ2v) is 4.79. The molecule has 18 heavy (non-hydrogen) atoms. The van der Waals surface area contributed by atoms with Crippen LogP contribution in [0.5, 0.6) is 5.75 Å². The molecule has 0 spiro atoms. The summed E-state index contributed by atoms with van der Waals surface area (Å²) >= 11 is 1.64. The molecule has 0 aliphatic rings. The van der Waals surface area contributed by atoms with Gasteiger partial charge in [-0.3, -0.25) is 0 Å². The summed E-state index contributed by atoms with van der Waals surface area (Å²) in [6.45, 7) is 2.87. The van der Waals surface area contributed by atoms with E-state index in [-0.39, 0.29) is 6.61 Å². The number of benzene rings is 1. The van der Waals surface area contributed by atoms with E-state index >= 15 is 0 Å². The number of aliphatic hydroxyl groups excluding tert-OH is 1. The number of ether oxygens (including phenoxy) is 1. The molecule has 0 unspecified atom stereocenters. The van der Waals surface area contributed by atoms with Crippen molar-refractivity contribution in [2.75, 3.05) is 13.2 Å². The van der Waals surface area contributed by atoms with Crippen LogP contribution in [0.1, 0.15) is 19.0 Å². The van der Waals surface area contributed by atoms with Crippen molar-refractivity contribution in [2.24, 2.45) is 0 Å². The van der Waals surface area contributed by atoms with E-state index in [1.807, 2.05) is 31.2 Å². The van der Waals surface area contributed by atoms with Crippen molar-refractivity contribution in [3.8, 4) is 16.3 Å². The third kappa shape index (κ3) is 3.31. The second kappa shape index (κ2) is 6.52. The van der Waals surface area contributed by atoms with Gasteiger partial charge in [0, 0.05) is 17.6 Å². The Kier molecular flexibility index (Phi) is 4.73. The Morgan fingerprint density at radius 2 is 2.06 bits per heavy atom. The highest BCUT2D eigenvalue weighted by Gasteiger charge is 2.04. The number of aliphatic hydroxyl groups is 1. The van der Waals surface area contributed by atoms with Crippen LogP contribution in [0.4, 0.5) is 0 Å². The third-order valence-corrected chi connectivity index (χ3v) is 3.50. The summed E-state index contributed by atoms with van der Waals surface area (Å²) in [7, 11) is 0. The van der Waals surface area contributed by atoms with Gasteiger partial charge in [0.1, 0.15) is 10.8 Å². The molecule has 0 amide bonds. The molecule has 0 atom stereocenters. The first-order valence-electron chi connectivity index (χ1n) is 6.12. The zero-order valence-corrected chi connectivity index (χ0v) is 11.2. The van der Waals surface area contributed by atoms with Gasteiger partial charge in [-0.1, -0.05) is 0 Å². The summed E-state index contributed by atoms with van der Waals surface area (Å²) in [6.07, 6.45) is 1.61. The summed E-state index contributed by atoms with van der Waals surface area (Å²) < 4.78 is 5.41. The molecule has 0 bridgehead atoms. The number of thiazole rings is 1. The molecular formula is C14H17NO2S. The highest BCUT2D eigenvalue weighted by molar-refractivity contribution is 7.13. The average molecular weight is 263 g/mol. The highest BCUT2D eigenvalue weighted by atomic mass is 32.1. The van der Waals surface area contributed by atoms with E-state index in [0.29, 0.717) is 6.61 Å². The minimum Gasteiger partial charge on any atom is -0.494 e. The fourth-order valence-corrected chi connectivity index (χ4v) is 2.54. The first-order chi connectivity index (χ1) is 8.83. The molecule has 0 saturated heterocycles. The van der Waals surface area contributed by atoms with Crippen LogP contribution in [0.3, 0.4) is 0 Å². The number of aryl methyl sites for hydroxylation is 1. The lowest BCUT2D eigenvalue weighted by Crippen LogP contribution is -1.91. The van der Waals surface area contributed by atoms with E-state index in [9.17, 15) is 0 Å². The van der Waals surface area contributed by atoms with Crippen molar-refractivity contribution in [1.82, 2.24) is 4.98 Å². The molecule has 0 aliphatic heterocycles. The van der Waals surface area contributed by atoms with Gasteiger partial charge < -0.3 is 9.84 Å². The predicted molar refractivity (Wildman–Crippen MR) is 74.1 cm³/mol. The van der Waals surface area contributed by atoms with Crippen LogP contribution in [0, 0.1) is 0 Å². The Hall–Kier alpha value is -1.39. The maximum atomic E-state index is 8.79. The summed E-state index contributed by atoms with van der Waals surface area (Å²) in [6, 6.07) is 7.99. The number of hydrogen-bond donors (Lipinski definition) is 1. The van der Waals surface area contributed by atoms with Crippen molar-refractivity contribution < 1.29 is 9.84 Å². The maximum Gasteiger partial charge on any atom is 0.123 e. The SMILES string of the molecule is CCOc1ccc(-c2nc(CCCO)cs2)cc1. The lowest BCUT2D eigenvalue weighted by atomic mass is 10.2. The monoisotopic (exact) mass is 263 g/mol. The first kappa shape index (κ1) is 13.1. The van der Waals surface area contributed by atoms with Crippen LogP contribution in [0.2, 0.25) is 0 Å². The van der Waals surface area contributed by atoms with Crippen molar-refractivity contribution in [2.45, 2.75) is 19.8 Å². The fourth-order valence-electron chi connectivity index (χ4n) is 1.67. The molecule has 0 fully saturated rings. The molecule has 0 aliphatic carbocycles. The summed E-state index contributed by atoms with van der Waals surface area (Å²) in [5.74, 6) is 0.887. The Labute approximate surface area is 111 Å². The predicted octanol–water partition coefficient (Wildman–Crippen LogP) is 3.13. The largest absolute Gasteiger partial charge is 0.494 e. The Balaban J connectivity index is 2.08. The number of aromatic nitrogens is 1. The zero-order chi connectivity index (χ0) is 12.8. The van der Waals surface area contributed by atoms with E-state index in [1.165, 1.54) is 0 Å². The van der Waals surface area contributed by atoms with Gasteiger partial charge in [-0.05, 0) is 44.0 Å². The molecule has 1 heterocycles. The van der Waals surface area contributed by atoms with Crippen molar-refractivity contribution in [3.05, 3.63) is 35.3 Å². The normalized spacial score (nSPS) is 10.6. The molecule has 2 rings (SSSR count). The average Bonchev–Trinajstić information content (AvgIpc) is 2.86. The van der Waals surface area contributed by atoms with Crippen LogP contribution in [0.25, 0.3) is 10.6 Å². The van der Waals surface area contributed by atoms with E-state index in [1.54, 1.807) is 11.3 Å². The van der Waals surface area contributed by atoms with Crippen LogP contribution in [-0.2, 0) is 6.42 Å². The minimum atomic E-state index is 0.218. The van der Waals surface area contributed by atoms with Gasteiger partial charge in [-0.25, -0.2) is 4.98 Å². The molecule has 1 aromatic heterocycles. The van der Waals surface area contributed by atoms with E-state index < -0.39 is 0 Å². The molecule has 4 heteroatoms. The van der Waals surface area contributed by atoms with E-state index in [4.69, 9.17) is 9.84 Å². The maximum absolute atomic E-state index is 8.79. The second-order valence-electron chi connectivity index (χ2n) is 3.93.